The zero-order chi connectivity index (χ0) is 41.5. The van der Waals surface area contributed by atoms with E-state index in [0.29, 0.717) is 19.4 Å². The highest BCUT2D eigenvalue weighted by Gasteiger charge is 2.18. The van der Waals surface area contributed by atoms with E-state index in [9.17, 15) is 19.8 Å². The van der Waals surface area contributed by atoms with Crippen molar-refractivity contribution in [2.45, 2.75) is 264 Å². The first-order valence-corrected chi connectivity index (χ1v) is 24.8. The molecule has 0 bridgehead atoms. The van der Waals surface area contributed by atoms with Crippen LogP contribution in [-0.4, -0.2) is 47.4 Å². The third-order valence-corrected chi connectivity index (χ3v) is 11.1. The molecule has 0 spiro atoms. The Labute approximate surface area is 353 Å². The first-order chi connectivity index (χ1) is 28.0. The van der Waals surface area contributed by atoms with Crippen molar-refractivity contribution >= 4 is 11.9 Å². The molecule has 0 heterocycles. The van der Waals surface area contributed by atoms with Crippen LogP contribution in [0.2, 0.25) is 0 Å². The Morgan fingerprint density at radius 3 is 1.26 bits per heavy atom. The number of nitrogens with one attached hydrogen (secondary N) is 1. The van der Waals surface area contributed by atoms with Gasteiger partial charge in [-0.2, -0.15) is 0 Å². The average Bonchev–Trinajstić information content (AvgIpc) is 3.21. The molecule has 0 aliphatic heterocycles. The van der Waals surface area contributed by atoms with Gasteiger partial charge in [0.2, 0.25) is 5.91 Å². The molecule has 0 aromatic heterocycles. The predicted molar refractivity (Wildman–Crippen MR) is 246 cm³/mol. The molecule has 3 N–H and O–H groups in total. The molecule has 0 aliphatic carbocycles. The lowest BCUT2D eigenvalue weighted by Crippen LogP contribution is -2.45. The first kappa shape index (κ1) is 55.1. The van der Waals surface area contributed by atoms with E-state index < -0.39 is 12.1 Å². The molecular formula is C51H95NO5. The molecule has 334 valence electrons. The SMILES string of the molecule is CCCCCCC/C=C\CCCCCCCC(=O)OCCCCCCCC/C=C\CCCCCC(=O)NC(CO)C(O)/C=C/CCCCCCCCCCCCC. The van der Waals surface area contributed by atoms with Crippen LogP contribution in [0, 0.1) is 0 Å². The van der Waals surface area contributed by atoms with Gasteiger partial charge < -0.3 is 20.3 Å². The fraction of sp³-hybridized carbons (Fsp3) is 0.843. The normalized spacial score (nSPS) is 13.0. The van der Waals surface area contributed by atoms with Gasteiger partial charge in [0.15, 0.2) is 0 Å². The summed E-state index contributed by atoms with van der Waals surface area (Å²) in [7, 11) is 0. The summed E-state index contributed by atoms with van der Waals surface area (Å²) in [4.78, 5) is 24.4. The Kier molecular flexibility index (Phi) is 45.2. The van der Waals surface area contributed by atoms with Gasteiger partial charge in [-0.1, -0.05) is 192 Å². The van der Waals surface area contributed by atoms with E-state index >= 15 is 0 Å². The van der Waals surface area contributed by atoms with Crippen molar-refractivity contribution < 1.29 is 24.5 Å². The number of aliphatic hydroxyl groups excluding tert-OH is 2. The maximum absolute atomic E-state index is 12.4. The second-order valence-corrected chi connectivity index (χ2v) is 16.8. The van der Waals surface area contributed by atoms with E-state index in [4.69, 9.17) is 4.74 Å². The highest BCUT2D eigenvalue weighted by Crippen LogP contribution is 2.14. The van der Waals surface area contributed by atoms with E-state index in [2.05, 4.69) is 43.5 Å². The average molecular weight is 802 g/mol. The second-order valence-electron chi connectivity index (χ2n) is 16.8. The third-order valence-electron chi connectivity index (χ3n) is 11.1. The molecule has 6 heteroatoms. The van der Waals surface area contributed by atoms with Crippen molar-refractivity contribution in [2.24, 2.45) is 0 Å². The van der Waals surface area contributed by atoms with Crippen molar-refractivity contribution in [3.8, 4) is 0 Å². The van der Waals surface area contributed by atoms with E-state index in [1.807, 2.05) is 6.08 Å². The van der Waals surface area contributed by atoms with Crippen LogP contribution in [0.3, 0.4) is 0 Å². The van der Waals surface area contributed by atoms with Crippen molar-refractivity contribution in [3.63, 3.8) is 0 Å². The van der Waals surface area contributed by atoms with E-state index in [1.165, 1.54) is 154 Å². The van der Waals surface area contributed by atoms with Gasteiger partial charge in [-0.25, -0.2) is 0 Å². The second kappa shape index (κ2) is 46.8. The Hall–Kier alpha value is -1.92. The van der Waals surface area contributed by atoms with Crippen molar-refractivity contribution in [1.29, 1.82) is 0 Å². The van der Waals surface area contributed by atoms with Crippen molar-refractivity contribution in [2.75, 3.05) is 13.2 Å². The Morgan fingerprint density at radius 2 is 0.825 bits per heavy atom. The number of carbonyl (C=O) groups is 2. The lowest BCUT2D eigenvalue weighted by Gasteiger charge is -2.19. The number of amides is 1. The number of esters is 1. The third kappa shape index (κ3) is 43.5. The molecule has 2 unspecified atom stereocenters. The number of hydrogen-bond donors (Lipinski definition) is 3. The minimum Gasteiger partial charge on any atom is -0.466 e. The van der Waals surface area contributed by atoms with Crippen LogP contribution in [-0.2, 0) is 14.3 Å². The molecule has 0 rings (SSSR count). The van der Waals surface area contributed by atoms with Crippen LogP contribution < -0.4 is 5.32 Å². The predicted octanol–water partition coefficient (Wildman–Crippen LogP) is 14.5. The Balaban J connectivity index is 3.54. The lowest BCUT2D eigenvalue weighted by atomic mass is 10.0. The molecule has 6 nitrogen and oxygen atoms in total. The minimum absolute atomic E-state index is 0.0234. The summed E-state index contributed by atoms with van der Waals surface area (Å²) < 4.78 is 5.44. The highest BCUT2D eigenvalue weighted by molar-refractivity contribution is 5.76. The fourth-order valence-corrected chi connectivity index (χ4v) is 7.27. The number of allylic oxidation sites excluding steroid dienone is 5. The summed E-state index contributed by atoms with van der Waals surface area (Å²) in [6.45, 7) is 4.83. The van der Waals surface area contributed by atoms with Gasteiger partial charge >= 0.3 is 5.97 Å². The summed E-state index contributed by atoms with van der Waals surface area (Å²) in [6.07, 6.45) is 55.6. The summed E-state index contributed by atoms with van der Waals surface area (Å²) in [6, 6.07) is -0.647. The molecule has 0 aliphatic rings. The maximum Gasteiger partial charge on any atom is 0.305 e. The van der Waals surface area contributed by atoms with E-state index in [0.717, 1.165) is 70.6 Å². The van der Waals surface area contributed by atoms with Crippen LogP contribution in [0.4, 0.5) is 0 Å². The summed E-state index contributed by atoms with van der Waals surface area (Å²) in [5.74, 6) is -0.123. The molecule has 0 fully saturated rings. The standard InChI is InChI=1S/C51H95NO5/c1-3-5-7-9-11-13-15-17-21-25-29-33-37-41-45-51(56)57-46-42-38-34-30-26-22-18-20-24-28-32-36-40-44-50(55)52-48(47-53)49(54)43-39-35-31-27-23-19-16-14-12-10-8-6-4-2/h15,17,20,24,39,43,48-49,53-54H,3-14,16,18-19,21-23,25-38,40-42,44-47H2,1-2H3,(H,52,55)/b17-15-,24-20-,43-39+. The monoisotopic (exact) mass is 802 g/mol. The van der Waals surface area contributed by atoms with Gasteiger partial charge in [0.1, 0.15) is 0 Å². The van der Waals surface area contributed by atoms with Crippen LogP contribution in [0.5, 0.6) is 0 Å². The van der Waals surface area contributed by atoms with Gasteiger partial charge in [-0.05, 0) is 83.5 Å². The highest BCUT2D eigenvalue weighted by atomic mass is 16.5. The van der Waals surface area contributed by atoms with E-state index in [-0.39, 0.29) is 18.5 Å². The van der Waals surface area contributed by atoms with Crippen LogP contribution in [0.15, 0.2) is 36.5 Å². The molecule has 0 aromatic rings. The fourth-order valence-electron chi connectivity index (χ4n) is 7.27. The first-order valence-electron chi connectivity index (χ1n) is 24.8. The molecule has 0 saturated heterocycles. The largest absolute Gasteiger partial charge is 0.466 e. The Morgan fingerprint density at radius 1 is 0.474 bits per heavy atom. The van der Waals surface area contributed by atoms with E-state index in [1.54, 1.807) is 6.08 Å². The molecule has 2 atom stereocenters. The maximum atomic E-state index is 12.4. The zero-order valence-corrected chi connectivity index (χ0v) is 37.8. The zero-order valence-electron chi connectivity index (χ0n) is 37.8. The quantitative estimate of drug-likeness (QED) is 0.0324. The number of carbonyl (C=O) groups excluding carboxylic acids is 2. The van der Waals surface area contributed by atoms with Crippen molar-refractivity contribution in [3.05, 3.63) is 36.5 Å². The molecule has 57 heavy (non-hydrogen) atoms. The molecule has 1 amide bonds. The van der Waals surface area contributed by atoms with Crippen LogP contribution in [0.25, 0.3) is 0 Å². The molecular weight excluding hydrogens is 707 g/mol. The van der Waals surface area contributed by atoms with Gasteiger partial charge in [0, 0.05) is 12.8 Å². The van der Waals surface area contributed by atoms with Gasteiger partial charge in [-0.3, -0.25) is 9.59 Å². The van der Waals surface area contributed by atoms with Crippen LogP contribution in [0.1, 0.15) is 251 Å². The number of hydrogen-bond acceptors (Lipinski definition) is 5. The summed E-state index contributed by atoms with van der Waals surface area (Å²) >= 11 is 0. The Bertz CT molecular complexity index is 931. The molecule has 0 radical (unpaired) electrons. The van der Waals surface area contributed by atoms with Gasteiger partial charge in [-0.15, -0.1) is 0 Å². The molecule has 0 aromatic carbocycles. The summed E-state index contributed by atoms with van der Waals surface area (Å²) in [5, 5.41) is 23.0. The number of aliphatic hydroxyl groups is 2. The lowest BCUT2D eigenvalue weighted by molar-refractivity contribution is -0.143. The number of rotatable bonds is 45. The smallest absolute Gasteiger partial charge is 0.305 e. The minimum atomic E-state index is -0.861. The van der Waals surface area contributed by atoms with Crippen LogP contribution >= 0.6 is 0 Å². The van der Waals surface area contributed by atoms with Crippen molar-refractivity contribution in [1.82, 2.24) is 5.32 Å². The number of ether oxygens (including phenoxy) is 1. The topological polar surface area (TPSA) is 95.9 Å². The van der Waals surface area contributed by atoms with Gasteiger partial charge in [0.25, 0.3) is 0 Å². The summed E-state index contributed by atoms with van der Waals surface area (Å²) in [5.41, 5.74) is 0. The van der Waals surface area contributed by atoms with Gasteiger partial charge in [0.05, 0.1) is 25.4 Å². The number of unbranched alkanes of at least 4 members (excludes halogenated alkanes) is 30. The molecule has 0 saturated carbocycles.